The van der Waals surface area contributed by atoms with E-state index in [-0.39, 0.29) is 30.4 Å². The zero-order valence-corrected chi connectivity index (χ0v) is 19.7. The predicted octanol–water partition coefficient (Wildman–Crippen LogP) is 2.74. The van der Waals surface area contributed by atoms with Crippen LogP contribution in [0.5, 0.6) is 0 Å². The minimum absolute atomic E-state index is 0.000211. The summed E-state index contributed by atoms with van der Waals surface area (Å²) in [6, 6.07) is 5.92. The van der Waals surface area contributed by atoms with Gasteiger partial charge >= 0.3 is 0 Å². The van der Waals surface area contributed by atoms with Crippen LogP contribution in [0.1, 0.15) is 67.1 Å². The number of halogens is 1. The molecule has 9 heteroatoms. The van der Waals surface area contributed by atoms with E-state index in [0.29, 0.717) is 31.0 Å². The van der Waals surface area contributed by atoms with E-state index in [0.717, 1.165) is 6.42 Å². The number of benzene rings is 1. The van der Waals surface area contributed by atoms with E-state index in [1.54, 1.807) is 23.6 Å². The summed E-state index contributed by atoms with van der Waals surface area (Å²) in [6.45, 7) is 9.06. The normalized spacial score (nSPS) is 17.8. The van der Waals surface area contributed by atoms with E-state index in [9.17, 15) is 18.8 Å². The summed E-state index contributed by atoms with van der Waals surface area (Å²) >= 11 is 0. The van der Waals surface area contributed by atoms with Crippen LogP contribution in [0, 0.1) is 11.7 Å². The van der Waals surface area contributed by atoms with Gasteiger partial charge in [-0.2, -0.15) is 0 Å². The van der Waals surface area contributed by atoms with Crippen molar-refractivity contribution in [2.45, 2.75) is 59.2 Å². The molecule has 178 valence electrons. The smallest absolute Gasteiger partial charge is 0.273 e. The maximum absolute atomic E-state index is 13.5. The highest BCUT2D eigenvalue weighted by Gasteiger charge is 2.48. The zero-order valence-electron chi connectivity index (χ0n) is 19.7. The molecule has 1 aromatic carbocycles. The number of hydrogen-bond donors (Lipinski definition) is 2. The number of imidazole rings is 1. The Bertz CT molecular complexity index is 1030. The van der Waals surface area contributed by atoms with Gasteiger partial charge in [-0.1, -0.05) is 32.9 Å². The lowest BCUT2D eigenvalue weighted by Gasteiger charge is -2.43. The Morgan fingerprint density at radius 2 is 2.03 bits per heavy atom. The Labute approximate surface area is 193 Å². The van der Waals surface area contributed by atoms with Gasteiger partial charge in [0.2, 0.25) is 5.91 Å². The number of aromatic nitrogens is 2. The number of nitrogens with zero attached hydrogens (tertiary/aromatic N) is 3. The van der Waals surface area contributed by atoms with E-state index in [1.807, 2.05) is 6.92 Å². The standard InChI is InChI=1S/C24H32FN5O3/c1-5-11-30-22(32)20-19(21(31)27-13-17-7-6-8-18(25)12-17)28-15-29(20)14-24(30,4)23(33)26-10-9-16(2)3/h6-8,12,15-16H,5,9-11,13-14H2,1-4H3,(H,26,33)(H,27,31)/t24-/m0/s1. The van der Waals surface area contributed by atoms with Crippen molar-refractivity contribution >= 4 is 17.7 Å². The number of nitrogens with one attached hydrogen (secondary N) is 2. The van der Waals surface area contributed by atoms with Gasteiger partial charge in [0.1, 0.15) is 17.1 Å². The quantitative estimate of drug-likeness (QED) is 0.605. The van der Waals surface area contributed by atoms with E-state index >= 15 is 0 Å². The maximum Gasteiger partial charge on any atom is 0.273 e. The van der Waals surface area contributed by atoms with Gasteiger partial charge in [0, 0.05) is 19.6 Å². The lowest BCUT2D eigenvalue weighted by Crippen LogP contribution is -2.64. The van der Waals surface area contributed by atoms with Crippen LogP contribution < -0.4 is 10.6 Å². The SMILES string of the molecule is CCCN1C(=O)c2c(C(=O)NCc3cccc(F)c3)ncn2C[C@@]1(C)C(=O)NCCC(C)C. The molecule has 8 nitrogen and oxygen atoms in total. The lowest BCUT2D eigenvalue weighted by molar-refractivity contribution is -0.132. The van der Waals surface area contributed by atoms with Crippen LogP contribution in [0.2, 0.25) is 0 Å². The molecule has 3 amide bonds. The van der Waals surface area contributed by atoms with Crippen molar-refractivity contribution in [2.75, 3.05) is 13.1 Å². The highest BCUT2D eigenvalue weighted by molar-refractivity contribution is 6.07. The first kappa shape index (κ1) is 24.4. The van der Waals surface area contributed by atoms with Crippen molar-refractivity contribution in [2.24, 2.45) is 5.92 Å². The van der Waals surface area contributed by atoms with Crippen molar-refractivity contribution < 1.29 is 18.8 Å². The third-order valence-corrected chi connectivity index (χ3v) is 5.86. The van der Waals surface area contributed by atoms with Crippen LogP contribution in [0.15, 0.2) is 30.6 Å². The highest BCUT2D eigenvalue weighted by Crippen LogP contribution is 2.29. The second-order valence-electron chi connectivity index (χ2n) is 9.05. The topological polar surface area (TPSA) is 96.3 Å². The number of carbonyl (C=O) groups is 3. The molecular formula is C24H32FN5O3. The molecule has 2 aromatic rings. The molecule has 0 saturated heterocycles. The van der Waals surface area contributed by atoms with Crippen molar-refractivity contribution in [1.82, 2.24) is 25.1 Å². The van der Waals surface area contributed by atoms with Crippen molar-refractivity contribution in [1.29, 1.82) is 0 Å². The predicted molar refractivity (Wildman–Crippen MR) is 122 cm³/mol. The molecular weight excluding hydrogens is 425 g/mol. The van der Waals surface area contributed by atoms with Gasteiger partial charge in [-0.25, -0.2) is 9.37 Å². The van der Waals surface area contributed by atoms with E-state index in [4.69, 9.17) is 0 Å². The fourth-order valence-electron chi connectivity index (χ4n) is 4.01. The van der Waals surface area contributed by atoms with Crippen LogP contribution in [-0.2, 0) is 17.9 Å². The molecule has 1 aliphatic rings. The first-order chi connectivity index (χ1) is 15.7. The summed E-state index contributed by atoms with van der Waals surface area (Å²) in [5, 5.41) is 5.66. The Morgan fingerprint density at radius 3 is 2.70 bits per heavy atom. The Balaban J connectivity index is 1.82. The second-order valence-corrected chi connectivity index (χ2v) is 9.05. The van der Waals surface area contributed by atoms with Gasteiger partial charge in [-0.05, 0) is 43.4 Å². The average Bonchev–Trinajstić information content (AvgIpc) is 3.18. The van der Waals surface area contributed by atoms with E-state index < -0.39 is 23.2 Å². The summed E-state index contributed by atoms with van der Waals surface area (Å²) in [7, 11) is 0. The Kier molecular flexibility index (Phi) is 7.50. The van der Waals surface area contributed by atoms with Crippen molar-refractivity contribution in [3.05, 3.63) is 53.4 Å². The minimum atomic E-state index is -1.09. The molecule has 0 saturated carbocycles. The van der Waals surface area contributed by atoms with Crippen LogP contribution in [0.3, 0.4) is 0 Å². The van der Waals surface area contributed by atoms with Gasteiger partial charge in [0.15, 0.2) is 5.69 Å². The number of rotatable bonds is 9. The minimum Gasteiger partial charge on any atom is -0.354 e. The second kappa shape index (κ2) is 10.1. The molecule has 1 aliphatic heterocycles. The number of fused-ring (bicyclic) bond motifs is 1. The summed E-state index contributed by atoms with van der Waals surface area (Å²) in [6.07, 6.45) is 2.93. The maximum atomic E-state index is 13.5. The highest BCUT2D eigenvalue weighted by atomic mass is 19.1. The summed E-state index contributed by atoms with van der Waals surface area (Å²) in [5.41, 5.74) is -0.332. The van der Waals surface area contributed by atoms with Gasteiger partial charge < -0.3 is 20.1 Å². The molecule has 0 fully saturated rings. The first-order valence-electron chi connectivity index (χ1n) is 11.4. The van der Waals surface area contributed by atoms with E-state index in [1.165, 1.54) is 23.4 Å². The van der Waals surface area contributed by atoms with Gasteiger partial charge in [0.05, 0.1) is 12.9 Å². The molecule has 0 bridgehead atoms. The Morgan fingerprint density at radius 1 is 1.27 bits per heavy atom. The molecule has 0 unspecified atom stereocenters. The zero-order chi connectivity index (χ0) is 24.2. The monoisotopic (exact) mass is 457 g/mol. The summed E-state index contributed by atoms with van der Waals surface area (Å²) in [4.78, 5) is 45.1. The average molecular weight is 458 g/mol. The molecule has 0 aliphatic carbocycles. The number of hydrogen-bond acceptors (Lipinski definition) is 4. The summed E-state index contributed by atoms with van der Waals surface area (Å²) in [5.74, 6) is -1.09. The third-order valence-electron chi connectivity index (χ3n) is 5.86. The van der Waals surface area contributed by atoms with Crippen LogP contribution in [0.4, 0.5) is 4.39 Å². The largest absolute Gasteiger partial charge is 0.354 e. The number of carbonyl (C=O) groups excluding carboxylic acids is 3. The van der Waals surface area contributed by atoms with E-state index in [2.05, 4.69) is 29.5 Å². The Hall–Kier alpha value is -3.23. The molecule has 33 heavy (non-hydrogen) atoms. The molecule has 0 spiro atoms. The fraction of sp³-hybridized carbons (Fsp3) is 0.500. The molecule has 2 heterocycles. The first-order valence-corrected chi connectivity index (χ1v) is 11.4. The van der Waals surface area contributed by atoms with Gasteiger partial charge in [-0.15, -0.1) is 0 Å². The lowest BCUT2D eigenvalue weighted by atomic mass is 9.93. The molecule has 1 aromatic heterocycles. The fourth-order valence-corrected chi connectivity index (χ4v) is 4.01. The molecule has 3 rings (SSSR count). The molecule has 1 atom stereocenters. The van der Waals surface area contributed by atoms with Crippen LogP contribution in [0.25, 0.3) is 0 Å². The van der Waals surface area contributed by atoms with Crippen LogP contribution in [-0.4, -0.2) is 50.8 Å². The number of amides is 3. The van der Waals surface area contributed by atoms with Gasteiger partial charge in [-0.3, -0.25) is 14.4 Å². The molecule has 2 N–H and O–H groups in total. The van der Waals surface area contributed by atoms with Crippen molar-refractivity contribution in [3.8, 4) is 0 Å². The summed E-state index contributed by atoms with van der Waals surface area (Å²) < 4.78 is 15.0. The third kappa shape index (κ3) is 5.23. The molecule has 0 radical (unpaired) electrons. The van der Waals surface area contributed by atoms with Crippen LogP contribution >= 0.6 is 0 Å². The van der Waals surface area contributed by atoms with Crippen molar-refractivity contribution in [3.63, 3.8) is 0 Å². The van der Waals surface area contributed by atoms with Gasteiger partial charge in [0.25, 0.3) is 11.8 Å².